The van der Waals surface area contributed by atoms with Gasteiger partial charge in [0.05, 0.1) is 5.71 Å². The number of nitrogens with zero attached hydrogens (tertiary/aromatic N) is 1. The Kier molecular flexibility index (Phi) is 2.52. The summed E-state index contributed by atoms with van der Waals surface area (Å²) in [7, 11) is 0. The monoisotopic (exact) mass is 221 g/mol. The van der Waals surface area contributed by atoms with Crippen LogP contribution in [0, 0.1) is 6.92 Å². The number of hydrogen-bond donors (Lipinski definition) is 0. The third-order valence-electron chi connectivity index (χ3n) is 3.22. The number of benzene rings is 2. The van der Waals surface area contributed by atoms with E-state index in [9.17, 15) is 0 Å². The van der Waals surface area contributed by atoms with E-state index < -0.39 is 0 Å². The molecule has 0 amide bonds. The van der Waals surface area contributed by atoms with E-state index in [4.69, 9.17) is 4.99 Å². The molecule has 2 aromatic rings. The van der Waals surface area contributed by atoms with Gasteiger partial charge in [0.1, 0.15) is 0 Å². The Morgan fingerprint density at radius 3 is 2.76 bits per heavy atom. The normalized spacial score (nSPS) is 14.1. The fraction of sp³-hybridized carbons (Fsp3) is 0.188. The fourth-order valence-electron chi connectivity index (χ4n) is 2.38. The van der Waals surface area contributed by atoms with Crippen LogP contribution in [0.4, 0.5) is 0 Å². The largest absolute Gasteiger partial charge is 0.284 e. The lowest BCUT2D eigenvalue weighted by Crippen LogP contribution is -2.13. The van der Waals surface area contributed by atoms with E-state index in [0.717, 1.165) is 18.7 Å². The Balaban J connectivity index is 2.13. The van der Waals surface area contributed by atoms with Gasteiger partial charge in [-0.2, -0.15) is 0 Å². The second-order valence-corrected chi connectivity index (χ2v) is 4.51. The van der Waals surface area contributed by atoms with Gasteiger partial charge in [0.15, 0.2) is 0 Å². The van der Waals surface area contributed by atoms with Crippen LogP contribution in [-0.4, -0.2) is 12.3 Å². The molecule has 0 saturated heterocycles. The summed E-state index contributed by atoms with van der Waals surface area (Å²) >= 11 is 0. The van der Waals surface area contributed by atoms with Gasteiger partial charge in [0.25, 0.3) is 0 Å². The van der Waals surface area contributed by atoms with Crippen LogP contribution in [0.3, 0.4) is 0 Å². The van der Waals surface area contributed by atoms with Crippen molar-refractivity contribution in [3.8, 4) is 0 Å². The van der Waals surface area contributed by atoms with E-state index in [1.807, 2.05) is 0 Å². The number of aliphatic imine (C=N–C) groups is 1. The Hall–Kier alpha value is -1.89. The van der Waals surface area contributed by atoms with Crippen molar-refractivity contribution in [3.05, 3.63) is 70.8 Å². The topological polar surface area (TPSA) is 12.4 Å². The molecule has 17 heavy (non-hydrogen) atoms. The van der Waals surface area contributed by atoms with E-state index in [-0.39, 0.29) is 0 Å². The predicted octanol–water partition coefficient (Wildman–Crippen LogP) is 3.39. The molecule has 0 fully saturated rings. The van der Waals surface area contributed by atoms with E-state index in [0.29, 0.717) is 0 Å². The molecule has 0 atom stereocenters. The lowest BCUT2D eigenvalue weighted by atomic mass is 9.93. The van der Waals surface area contributed by atoms with Crippen LogP contribution in [-0.2, 0) is 6.42 Å². The average Bonchev–Trinajstić information content (AvgIpc) is 2.38. The third-order valence-corrected chi connectivity index (χ3v) is 3.22. The molecule has 0 aliphatic carbocycles. The van der Waals surface area contributed by atoms with Crippen molar-refractivity contribution < 1.29 is 0 Å². The maximum absolute atomic E-state index is 4.70. The Bertz CT molecular complexity index is 582. The Morgan fingerprint density at radius 2 is 1.88 bits per heavy atom. The van der Waals surface area contributed by atoms with Crippen molar-refractivity contribution >= 4 is 5.71 Å². The van der Waals surface area contributed by atoms with Gasteiger partial charge in [-0.1, -0.05) is 48.0 Å². The van der Waals surface area contributed by atoms with Gasteiger partial charge in [-0.05, 0) is 25.0 Å². The minimum Gasteiger partial charge on any atom is -0.284 e. The lowest BCUT2D eigenvalue weighted by Gasteiger charge is -2.17. The molecule has 0 spiro atoms. The molecule has 84 valence electrons. The number of hydrogen-bond acceptors (Lipinski definition) is 1. The quantitative estimate of drug-likeness (QED) is 0.700. The first kappa shape index (κ1) is 10.3. The smallest absolute Gasteiger partial charge is 0.0721 e. The van der Waals surface area contributed by atoms with Crippen LogP contribution in [0.15, 0.2) is 53.5 Å². The van der Waals surface area contributed by atoms with Crippen LogP contribution in [0.25, 0.3) is 0 Å². The highest BCUT2D eigenvalue weighted by atomic mass is 14.7. The first-order valence-corrected chi connectivity index (χ1v) is 6.04. The Labute approximate surface area is 102 Å². The number of rotatable bonds is 1. The van der Waals surface area contributed by atoms with Gasteiger partial charge in [-0.3, -0.25) is 4.99 Å². The van der Waals surface area contributed by atoms with Gasteiger partial charge in [-0.15, -0.1) is 0 Å². The fourth-order valence-corrected chi connectivity index (χ4v) is 2.38. The van der Waals surface area contributed by atoms with E-state index in [2.05, 4.69) is 55.5 Å². The SMILES string of the molecule is Cc1cccc(C2=NCCc3ccccc32)c1. The van der Waals surface area contributed by atoms with Crippen molar-refractivity contribution in [2.45, 2.75) is 13.3 Å². The van der Waals surface area contributed by atoms with Gasteiger partial charge < -0.3 is 0 Å². The molecule has 1 aliphatic rings. The summed E-state index contributed by atoms with van der Waals surface area (Å²) in [5.41, 5.74) is 6.38. The van der Waals surface area contributed by atoms with Crippen molar-refractivity contribution in [2.24, 2.45) is 4.99 Å². The minimum absolute atomic E-state index is 0.903. The molecule has 1 nitrogen and oxygen atoms in total. The lowest BCUT2D eigenvalue weighted by molar-refractivity contribution is 0.944. The number of aryl methyl sites for hydroxylation is 1. The van der Waals surface area contributed by atoms with Crippen molar-refractivity contribution in [1.29, 1.82) is 0 Å². The summed E-state index contributed by atoms with van der Waals surface area (Å²) in [4.78, 5) is 4.70. The second-order valence-electron chi connectivity index (χ2n) is 4.51. The predicted molar refractivity (Wildman–Crippen MR) is 71.8 cm³/mol. The van der Waals surface area contributed by atoms with E-state index >= 15 is 0 Å². The molecule has 1 heteroatoms. The summed E-state index contributed by atoms with van der Waals surface area (Å²) in [5, 5.41) is 0. The summed E-state index contributed by atoms with van der Waals surface area (Å²) in [5.74, 6) is 0. The highest BCUT2D eigenvalue weighted by Gasteiger charge is 2.14. The van der Waals surface area contributed by atoms with Crippen molar-refractivity contribution in [3.63, 3.8) is 0 Å². The molecule has 0 bridgehead atoms. The summed E-state index contributed by atoms with van der Waals surface area (Å²) < 4.78 is 0. The molecule has 0 unspecified atom stereocenters. The summed E-state index contributed by atoms with van der Waals surface area (Å²) in [6.07, 6.45) is 1.06. The maximum atomic E-state index is 4.70. The highest BCUT2D eigenvalue weighted by Crippen LogP contribution is 2.20. The average molecular weight is 221 g/mol. The van der Waals surface area contributed by atoms with Crippen LogP contribution < -0.4 is 0 Å². The van der Waals surface area contributed by atoms with Crippen LogP contribution in [0.2, 0.25) is 0 Å². The summed E-state index contributed by atoms with van der Waals surface area (Å²) in [6, 6.07) is 17.2. The summed E-state index contributed by atoms with van der Waals surface area (Å²) in [6.45, 7) is 3.03. The zero-order chi connectivity index (χ0) is 11.7. The van der Waals surface area contributed by atoms with Gasteiger partial charge in [-0.25, -0.2) is 0 Å². The molecule has 0 aromatic heterocycles. The molecule has 1 heterocycles. The maximum Gasteiger partial charge on any atom is 0.0721 e. The zero-order valence-electron chi connectivity index (χ0n) is 9.98. The van der Waals surface area contributed by atoms with Gasteiger partial charge in [0.2, 0.25) is 0 Å². The first-order chi connectivity index (χ1) is 8.34. The second kappa shape index (κ2) is 4.17. The zero-order valence-corrected chi connectivity index (χ0v) is 9.98. The minimum atomic E-state index is 0.903. The van der Waals surface area contributed by atoms with Crippen molar-refractivity contribution in [1.82, 2.24) is 0 Å². The standard InChI is InChI=1S/C16H15N/c1-12-5-4-7-14(11-12)16-15-8-3-2-6-13(15)9-10-17-16/h2-8,11H,9-10H2,1H3. The van der Waals surface area contributed by atoms with Gasteiger partial charge in [0, 0.05) is 17.7 Å². The molecule has 2 aromatic carbocycles. The number of fused-ring (bicyclic) bond motifs is 1. The molecule has 0 saturated carbocycles. The molecule has 0 N–H and O–H groups in total. The van der Waals surface area contributed by atoms with Gasteiger partial charge >= 0.3 is 0 Å². The van der Waals surface area contributed by atoms with Crippen LogP contribution >= 0.6 is 0 Å². The van der Waals surface area contributed by atoms with E-state index in [1.54, 1.807) is 0 Å². The van der Waals surface area contributed by atoms with Crippen LogP contribution in [0.5, 0.6) is 0 Å². The Morgan fingerprint density at radius 1 is 1.00 bits per heavy atom. The molecule has 1 aliphatic heterocycles. The van der Waals surface area contributed by atoms with Crippen molar-refractivity contribution in [2.75, 3.05) is 6.54 Å². The molecule has 0 radical (unpaired) electrons. The van der Waals surface area contributed by atoms with E-state index in [1.165, 1.54) is 22.3 Å². The third kappa shape index (κ3) is 1.89. The highest BCUT2D eigenvalue weighted by molar-refractivity contribution is 6.14. The molecular formula is C16H15N. The first-order valence-electron chi connectivity index (χ1n) is 6.04. The molecular weight excluding hydrogens is 206 g/mol. The molecule has 3 rings (SSSR count). The van der Waals surface area contributed by atoms with Crippen LogP contribution in [0.1, 0.15) is 22.3 Å².